The zero-order chi connectivity index (χ0) is 12.4. The molecule has 0 radical (unpaired) electrons. The topological polar surface area (TPSA) is 55.5 Å². The van der Waals surface area contributed by atoms with E-state index in [1.165, 1.54) is 0 Å². The van der Waals surface area contributed by atoms with E-state index in [0.717, 1.165) is 61.7 Å². The highest BCUT2D eigenvalue weighted by Gasteiger charge is 2.18. The van der Waals surface area contributed by atoms with Crippen LogP contribution in [-0.2, 0) is 11.2 Å². The Balaban J connectivity index is 1.65. The Hall–Kier alpha value is -0.920. The van der Waals surface area contributed by atoms with Gasteiger partial charge >= 0.3 is 0 Å². The third-order valence-corrected chi connectivity index (χ3v) is 4.19. The first kappa shape index (κ1) is 12.1. The molecule has 6 nitrogen and oxygen atoms in total. The normalized spacial score (nSPS) is 20.6. The number of ether oxygens (including phenoxy) is 1. The van der Waals surface area contributed by atoms with Gasteiger partial charge < -0.3 is 4.74 Å². The van der Waals surface area contributed by atoms with Crippen molar-refractivity contribution >= 4 is 17.5 Å². The van der Waals surface area contributed by atoms with Crippen LogP contribution >= 0.6 is 11.8 Å². The molecule has 18 heavy (non-hydrogen) atoms. The lowest BCUT2D eigenvalue weighted by Gasteiger charge is -2.26. The zero-order valence-corrected chi connectivity index (χ0v) is 11.3. The van der Waals surface area contributed by atoms with Crippen molar-refractivity contribution in [2.75, 3.05) is 38.6 Å². The molecule has 0 aromatic carbocycles. The Morgan fingerprint density at radius 1 is 1.28 bits per heavy atom. The lowest BCUT2D eigenvalue weighted by Crippen LogP contribution is -2.37. The maximum absolute atomic E-state index is 5.34. The molecule has 1 saturated heterocycles. The number of fused-ring (bicyclic) bond motifs is 1. The quantitative estimate of drug-likeness (QED) is 0.797. The fraction of sp³-hybridized carbons (Fsp3) is 0.727. The van der Waals surface area contributed by atoms with Crippen LogP contribution in [0.4, 0.5) is 0 Å². The largest absolute Gasteiger partial charge is 0.379 e. The minimum absolute atomic E-state index is 0.838. The van der Waals surface area contributed by atoms with E-state index in [0.29, 0.717) is 0 Å². The highest BCUT2D eigenvalue weighted by Crippen LogP contribution is 2.21. The number of rotatable bonds is 3. The lowest BCUT2D eigenvalue weighted by atomic mass is 10.3. The summed E-state index contributed by atoms with van der Waals surface area (Å²) in [6.07, 6.45) is 0.893. The number of hydrogen-bond acceptors (Lipinski definition) is 6. The zero-order valence-electron chi connectivity index (χ0n) is 10.5. The van der Waals surface area contributed by atoms with E-state index in [1.54, 1.807) is 11.8 Å². The summed E-state index contributed by atoms with van der Waals surface area (Å²) in [6, 6.07) is 0. The predicted octanol–water partition coefficient (Wildman–Crippen LogP) is 0.482. The van der Waals surface area contributed by atoms with Crippen LogP contribution in [0.3, 0.4) is 0 Å². The molecule has 1 aromatic heterocycles. The van der Waals surface area contributed by atoms with E-state index in [4.69, 9.17) is 4.74 Å². The number of hydrogen-bond donors (Lipinski definition) is 0. The van der Waals surface area contributed by atoms with Crippen molar-refractivity contribution in [3.05, 3.63) is 5.82 Å². The van der Waals surface area contributed by atoms with Crippen molar-refractivity contribution in [2.24, 2.45) is 5.10 Å². The van der Waals surface area contributed by atoms with Crippen molar-refractivity contribution in [3.8, 4) is 0 Å². The van der Waals surface area contributed by atoms with Gasteiger partial charge in [-0.3, -0.25) is 4.90 Å². The van der Waals surface area contributed by atoms with Gasteiger partial charge in [0.1, 0.15) is 0 Å². The molecule has 0 N–H and O–H groups in total. The molecule has 3 rings (SSSR count). The molecule has 7 heteroatoms. The first-order valence-electron chi connectivity index (χ1n) is 6.24. The van der Waals surface area contributed by atoms with Gasteiger partial charge in [-0.05, 0) is 6.92 Å². The second kappa shape index (κ2) is 5.38. The average Bonchev–Trinajstić information content (AvgIpc) is 2.80. The molecular formula is C11H17N5OS. The minimum atomic E-state index is 0.838. The Kier molecular flexibility index (Phi) is 3.62. The summed E-state index contributed by atoms with van der Waals surface area (Å²) in [4.78, 5) is 2.40. The fourth-order valence-electron chi connectivity index (χ4n) is 2.09. The molecule has 0 unspecified atom stereocenters. The third kappa shape index (κ3) is 2.57. The van der Waals surface area contributed by atoms with Crippen LogP contribution in [-0.4, -0.2) is 64.1 Å². The lowest BCUT2D eigenvalue weighted by molar-refractivity contribution is 0.0381. The van der Waals surface area contributed by atoms with Gasteiger partial charge in [0, 0.05) is 37.5 Å². The maximum atomic E-state index is 5.34. The van der Waals surface area contributed by atoms with Crippen molar-refractivity contribution in [1.82, 2.24) is 19.8 Å². The summed E-state index contributed by atoms with van der Waals surface area (Å²) >= 11 is 1.70. The molecule has 0 atom stereocenters. The SMILES string of the molecule is CC1=Nn2c(CCN3CCOCC3)nnc2SC1. The van der Waals surface area contributed by atoms with Gasteiger partial charge in [-0.15, -0.1) is 10.2 Å². The van der Waals surface area contributed by atoms with Gasteiger partial charge in [-0.2, -0.15) is 9.78 Å². The maximum Gasteiger partial charge on any atom is 0.212 e. The Morgan fingerprint density at radius 3 is 2.94 bits per heavy atom. The van der Waals surface area contributed by atoms with Crippen LogP contribution in [0.2, 0.25) is 0 Å². The van der Waals surface area contributed by atoms with Gasteiger partial charge in [-0.25, -0.2) is 0 Å². The van der Waals surface area contributed by atoms with E-state index >= 15 is 0 Å². The molecule has 3 heterocycles. The molecule has 0 saturated carbocycles. The monoisotopic (exact) mass is 267 g/mol. The third-order valence-electron chi connectivity index (χ3n) is 3.11. The Bertz CT molecular complexity index is 452. The molecule has 0 aliphatic carbocycles. The summed E-state index contributed by atoms with van der Waals surface area (Å²) < 4.78 is 7.23. The highest BCUT2D eigenvalue weighted by molar-refractivity contribution is 7.99. The van der Waals surface area contributed by atoms with Crippen LogP contribution in [0.25, 0.3) is 0 Å². The van der Waals surface area contributed by atoms with E-state index in [2.05, 4.69) is 20.2 Å². The van der Waals surface area contributed by atoms with Gasteiger partial charge in [-0.1, -0.05) is 11.8 Å². The summed E-state index contributed by atoms with van der Waals surface area (Å²) in [5, 5.41) is 13.9. The summed E-state index contributed by atoms with van der Waals surface area (Å²) in [5.74, 6) is 1.88. The second-order valence-corrected chi connectivity index (χ2v) is 5.48. The van der Waals surface area contributed by atoms with Gasteiger partial charge in [0.15, 0.2) is 5.82 Å². The molecule has 98 valence electrons. The summed E-state index contributed by atoms with van der Waals surface area (Å²) in [6.45, 7) is 6.74. The number of thioether (sulfide) groups is 1. The van der Waals surface area contributed by atoms with Crippen LogP contribution < -0.4 is 0 Å². The average molecular weight is 267 g/mol. The van der Waals surface area contributed by atoms with E-state index in [1.807, 2.05) is 11.6 Å². The Morgan fingerprint density at radius 2 is 2.11 bits per heavy atom. The number of aromatic nitrogens is 3. The highest BCUT2D eigenvalue weighted by atomic mass is 32.2. The molecule has 2 aliphatic heterocycles. The van der Waals surface area contributed by atoms with E-state index in [9.17, 15) is 0 Å². The molecule has 1 aromatic rings. The molecule has 0 amide bonds. The smallest absolute Gasteiger partial charge is 0.212 e. The van der Waals surface area contributed by atoms with Gasteiger partial charge in [0.25, 0.3) is 0 Å². The first-order valence-corrected chi connectivity index (χ1v) is 7.23. The predicted molar refractivity (Wildman–Crippen MR) is 70.2 cm³/mol. The van der Waals surface area contributed by atoms with Crippen molar-refractivity contribution in [2.45, 2.75) is 18.5 Å². The summed E-state index contributed by atoms with van der Waals surface area (Å²) in [7, 11) is 0. The molecule has 2 aliphatic rings. The van der Waals surface area contributed by atoms with Gasteiger partial charge in [0.2, 0.25) is 5.16 Å². The van der Waals surface area contributed by atoms with Crippen LogP contribution in [0.15, 0.2) is 10.3 Å². The Labute approximate surface area is 110 Å². The fourth-order valence-corrected chi connectivity index (χ4v) is 2.86. The number of morpholine rings is 1. The summed E-state index contributed by atoms with van der Waals surface area (Å²) in [5.41, 5.74) is 1.12. The van der Waals surface area contributed by atoms with E-state index in [-0.39, 0.29) is 0 Å². The standard InChI is InChI=1S/C11H17N5OS/c1-9-8-18-11-13-12-10(16(11)14-9)2-3-15-4-6-17-7-5-15/h2-8H2,1H3. The second-order valence-electron chi connectivity index (χ2n) is 4.54. The molecule has 1 fully saturated rings. The van der Waals surface area contributed by atoms with E-state index < -0.39 is 0 Å². The molecule has 0 spiro atoms. The van der Waals surface area contributed by atoms with Crippen LogP contribution in [0.1, 0.15) is 12.7 Å². The first-order chi connectivity index (χ1) is 8.83. The van der Waals surface area contributed by atoms with Crippen molar-refractivity contribution in [1.29, 1.82) is 0 Å². The molecule has 0 bridgehead atoms. The minimum Gasteiger partial charge on any atom is -0.379 e. The van der Waals surface area contributed by atoms with Crippen molar-refractivity contribution in [3.63, 3.8) is 0 Å². The molecular weight excluding hydrogens is 250 g/mol. The van der Waals surface area contributed by atoms with Crippen molar-refractivity contribution < 1.29 is 4.74 Å². The number of nitrogens with zero attached hydrogens (tertiary/aromatic N) is 5. The van der Waals surface area contributed by atoms with Crippen LogP contribution in [0.5, 0.6) is 0 Å². The van der Waals surface area contributed by atoms with Gasteiger partial charge in [0.05, 0.1) is 13.2 Å². The van der Waals surface area contributed by atoms with Crippen LogP contribution in [0, 0.1) is 0 Å².